The molecule has 0 bridgehead atoms. The van der Waals surface area contributed by atoms with Gasteiger partial charge in [0.2, 0.25) is 0 Å². The van der Waals surface area contributed by atoms with Crippen molar-refractivity contribution in [1.29, 1.82) is 0 Å². The smallest absolute Gasteiger partial charge is 0.254 e. The van der Waals surface area contributed by atoms with Crippen LogP contribution < -0.4 is 5.73 Å². The van der Waals surface area contributed by atoms with Gasteiger partial charge in [-0.1, -0.05) is 11.2 Å². The van der Waals surface area contributed by atoms with E-state index in [4.69, 9.17) is 10.9 Å². The molecular weight excluding hydrogens is 246 g/mol. The largest absolute Gasteiger partial charge is 0.508 e. The van der Waals surface area contributed by atoms with Crippen molar-refractivity contribution >= 4 is 11.7 Å². The van der Waals surface area contributed by atoms with E-state index in [9.17, 15) is 9.90 Å². The molecule has 1 aromatic carbocycles. The SMILES string of the molecule is NC(=NO)C1CCCCN1C(=O)c1cccc(O)c1. The van der Waals surface area contributed by atoms with Gasteiger partial charge >= 0.3 is 0 Å². The highest BCUT2D eigenvalue weighted by Gasteiger charge is 2.30. The summed E-state index contributed by atoms with van der Waals surface area (Å²) < 4.78 is 0. The molecule has 0 spiro atoms. The summed E-state index contributed by atoms with van der Waals surface area (Å²) in [4.78, 5) is 14.0. The molecule has 0 saturated carbocycles. The molecule has 1 saturated heterocycles. The van der Waals surface area contributed by atoms with Crippen LogP contribution in [0.15, 0.2) is 29.4 Å². The van der Waals surface area contributed by atoms with Crippen molar-refractivity contribution in [3.8, 4) is 5.75 Å². The van der Waals surface area contributed by atoms with Crippen LogP contribution in [0.5, 0.6) is 5.75 Å². The van der Waals surface area contributed by atoms with Crippen LogP contribution in [0.2, 0.25) is 0 Å². The maximum Gasteiger partial charge on any atom is 0.254 e. The standard InChI is InChI=1S/C13H17N3O3/c14-12(15-19)11-6-1-2-7-16(11)13(18)9-4-3-5-10(17)8-9/h3-5,8,11,17,19H,1-2,6-7H2,(H2,14,15). The Labute approximate surface area is 111 Å². The molecule has 1 fully saturated rings. The number of hydrogen-bond acceptors (Lipinski definition) is 4. The first-order valence-electron chi connectivity index (χ1n) is 6.21. The molecule has 19 heavy (non-hydrogen) atoms. The third kappa shape index (κ3) is 2.78. The molecule has 1 heterocycles. The van der Waals surface area contributed by atoms with E-state index in [2.05, 4.69) is 5.16 Å². The number of phenols is 1. The normalized spacial score (nSPS) is 20.3. The van der Waals surface area contributed by atoms with Crippen LogP contribution in [0.1, 0.15) is 29.6 Å². The Balaban J connectivity index is 2.25. The van der Waals surface area contributed by atoms with Crippen molar-refractivity contribution in [2.75, 3.05) is 6.54 Å². The summed E-state index contributed by atoms with van der Waals surface area (Å²) in [5.74, 6) is -0.122. The van der Waals surface area contributed by atoms with Crippen LogP contribution in [0, 0.1) is 0 Å². The second-order valence-electron chi connectivity index (χ2n) is 4.59. The van der Waals surface area contributed by atoms with E-state index >= 15 is 0 Å². The van der Waals surface area contributed by atoms with Crippen LogP contribution in [0.4, 0.5) is 0 Å². The van der Waals surface area contributed by atoms with Crippen molar-refractivity contribution in [3.63, 3.8) is 0 Å². The number of nitrogens with zero attached hydrogens (tertiary/aromatic N) is 2. The zero-order chi connectivity index (χ0) is 13.8. The average Bonchev–Trinajstić information content (AvgIpc) is 2.45. The first-order valence-corrected chi connectivity index (χ1v) is 6.21. The number of oxime groups is 1. The van der Waals surface area contributed by atoms with E-state index in [0.717, 1.165) is 12.8 Å². The molecule has 6 heteroatoms. The van der Waals surface area contributed by atoms with E-state index < -0.39 is 0 Å². The molecule has 2 rings (SSSR count). The summed E-state index contributed by atoms with van der Waals surface area (Å²) in [5, 5.41) is 21.2. The molecule has 0 aliphatic carbocycles. The van der Waals surface area contributed by atoms with Crippen LogP contribution in [-0.2, 0) is 0 Å². The molecule has 102 valence electrons. The minimum Gasteiger partial charge on any atom is -0.508 e. The number of nitrogens with two attached hydrogens (primary N) is 1. The molecule has 1 aliphatic heterocycles. The number of carbonyl (C=O) groups excluding carboxylic acids is 1. The fraction of sp³-hybridized carbons (Fsp3) is 0.385. The lowest BCUT2D eigenvalue weighted by molar-refractivity contribution is 0.0676. The Morgan fingerprint density at radius 2 is 2.21 bits per heavy atom. The van der Waals surface area contributed by atoms with Gasteiger partial charge in [0.25, 0.3) is 5.91 Å². The first-order chi connectivity index (χ1) is 9.13. The quantitative estimate of drug-likeness (QED) is 0.322. The van der Waals surface area contributed by atoms with E-state index in [1.807, 2.05) is 0 Å². The predicted octanol–water partition coefficient (Wildman–Crippen LogP) is 1.13. The molecule has 0 radical (unpaired) electrons. The second kappa shape index (κ2) is 5.60. The summed E-state index contributed by atoms with van der Waals surface area (Å²) >= 11 is 0. The van der Waals surface area contributed by atoms with Gasteiger partial charge in [-0.25, -0.2) is 0 Å². The highest BCUT2D eigenvalue weighted by molar-refractivity contribution is 5.98. The Bertz CT molecular complexity index is 502. The van der Waals surface area contributed by atoms with Crippen molar-refractivity contribution in [2.45, 2.75) is 25.3 Å². The summed E-state index contributed by atoms with van der Waals surface area (Å²) in [7, 11) is 0. The van der Waals surface area contributed by atoms with Crippen LogP contribution in [-0.4, -0.2) is 39.5 Å². The average molecular weight is 263 g/mol. The van der Waals surface area contributed by atoms with Gasteiger partial charge in [-0.05, 0) is 37.5 Å². The monoisotopic (exact) mass is 263 g/mol. The molecule has 1 amide bonds. The van der Waals surface area contributed by atoms with Crippen LogP contribution in [0.25, 0.3) is 0 Å². The van der Waals surface area contributed by atoms with Gasteiger partial charge in [0, 0.05) is 12.1 Å². The molecule has 4 N–H and O–H groups in total. The van der Waals surface area contributed by atoms with Crippen molar-refractivity contribution < 1.29 is 15.1 Å². The molecular formula is C13H17N3O3. The molecule has 1 atom stereocenters. The van der Waals surface area contributed by atoms with E-state index in [0.29, 0.717) is 18.5 Å². The van der Waals surface area contributed by atoms with Crippen molar-refractivity contribution in [1.82, 2.24) is 4.90 Å². The number of benzene rings is 1. The number of phenolic OH excluding ortho intramolecular Hbond substituents is 1. The van der Waals surface area contributed by atoms with Crippen molar-refractivity contribution in [3.05, 3.63) is 29.8 Å². The number of amidine groups is 1. The van der Waals surface area contributed by atoms with Gasteiger partial charge in [-0.2, -0.15) is 0 Å². The van der Waals surface area contributed by atoms with Gasteiger partial charge in [0.05, 0.1) is 6.04 Å². The topological polar surface area (TPSA) is 99.2 Å². The van der Waals surface area contributed by atoms with Gasteiger partial charge < -0.3 is 20.9 Å². The van der Waals surface area contributed by atoms with Gasteiger partial charge in [-0.3, -0.25) is 4.79 Å². The fourth-order valence-electron chi connectivity index (χ4n) is 2.35. The first kappa shape index (κ1) is 13.2. The van der Waals surface area contributed by atoms with Crippen molar-refractivity contribution in [2.24, 2.45) is 10.9 Å². The highest BCUT2D eigenvalue weighted by Crippen LogP contribution is 2.21. The Hall–Kier alpha value is -2.24. The van der Waals surface area contributed by atoms with E-state index in [1.165, 1.54) is 12.1 Å². The number of likely N-dealkylation sites (tertiary alicyclic amines) is 1. The van der Waals surface area contributed by atoms with E-state index in [-0.39, 0.29) is 23.5 Å². The number of aromatic hydroxyl groups is 1. The highest BCUT2D eigenvalue weighted by atomic mass is 16.4. The molecule has 1 unspecified atom stereocenters. The number of carbonyl (C=O) groups is 1. The molecule has 1 aromatic rings. The second-order valence-corrected chi connectivity index (χ2v) is 4.59. The number of rotatable bonds is 2. The molecule has 6 nitrogen and oxygen atoms in total. The summed E-state index contributed by atoms with van der Waals surface area (Å²) in [5.41, 5.74) is 6.04. The van der Waals surface area contributed by atoms with E-state index in [1.54, 1.807) is 17.0 Å². The lowest BCUT2D eigenvalue weighted by Crippen LogP contribution is -2.50. The maximum atomic E-state index is 12.4. The number of hydrogen-bond donors (Lipinski definition) is 3. The minimum absolute atomic E-state index is 0.0446. The Kier molecular flexibility index (Phi) is 3.89. The number of piperidine rings is 1. The van der Waals surface area contributed by atoms with Gasteiger partial charge in [0.1, 0.15) is 5.75 Å². The molecule has 1 aliphatic rings. The van der Waals surface area contributed by atoms with Gasteiger partial charge in [-0.15, -0.1) is 0 Å². The third-order valence-corrected chi connectivity index (χ3v) is 3.31. The van der Waals surface area contributed by atoms with Crippen LogP contribution >= 0.6 is 0 Å². The zero-order valence-electron chi connectivity index (χ0n) is 10.5. The zero-order valence-corrected chi connectivity index (χ0v) is 10.5. The van der Waals surface area contributed by atoms with Crippen LogP contribution in [0.3, 0.4) is 0 Å². The lowest BCUT2D eigenvalue weighted by Gasteiger charge is -2.34. The summed E-state index contributed by atoms with van der Waals surface area (Å²) in [6.45, 7) is 0.565. The predicted molar refractivity (Wildman–Crippen MR) is 70.2 cm³/mol. The summed E-state index contributed by atoms with van der Waals surface area (Å²) in [6, 6.07) is 5.80. The Morgan fingerprint density at radius 3 is 2.89 bits per heavy atom. The lowest BCUT2D eigenvalue weighted by atomic mass is 10.00. The summed E-state index contributed by atoms with van der Waals surface area (Å²) in [6.07, 6.45) is 2.50. The van der Waals surface area contributed by atoms with Gasteiger partial charge in [0.15, 0.2) is 5.84 Å². The number of amides is 1. The Morgan fingerprint density at radius 1 is 1.42 bits per heavy atom. The molecule has 0 aromatic heterocycles. The third-order valence-electron chi connectivity index (χ3n) is 3.31. The fourth-order valence-corrected chi connectivity index (χ4v) is 2.35. The minimum atomic E-state index is -0.381. The maximum absolute atomic E-state index is 12.4.